The first-order chi connectivity index (χ1) is 15.1. The van der Waals surface area contributed by atoms with Crippen LogP contribution in [0.5, 0.6) is 11.5 Å². The number of rotatable bonds is 6. The van der Waals surface area contributed by atoms with Crippen LogP contribution in [0.15, 0.2) is 29.4 Å². The van der Waals surface area contributed by atoms with Crippen LogP contribution in [-0.4, -0.2) is 51.4 Å². The fourth-order valence-electron chi connectivity index (χ4n) is 3.15. The molecule has 0 aliphatic rings. The van der Waals surface area contributed by atoms with E-state index in [0.717, 1.165) is 19.4 Å². The minimum Gasteiger partial charge on any atom is -0.495 e. The minimum atomic E-state index is -3.98. The van der Waals surface area contributed by atoms with Crippen LogP contribution in [0.4, 0.5) is 14.5 Å². The van der Waals surface area contributed by atoms with E-state index >= 15 is 4.39 Å². The Morgan fingerprint density at radius 1 is 1.06 bits per heavy atom. The molecule has 1 N–H and O–H groups in total. The van der Waals surface area contributed by atoms with Gasteiger partial charge in [-0.2, -0.15) is 0 Å². The van der Waals surface area contributed by atoms with Crippen molar-refractivity contribution in [2.24, 2.45) is 0 Å². The summed E-state index contributed by atoms with van der Waals surface area (Å²) in [5.41, 5.74) is -0.909. The summed E-state index contributed by atoms with van der Waals surface area (Å²) in [5, 5.41) is 0. The number of ether oxygens (including phenoxy) is 2. The Balaban J connectivity index is 2.37. The van der Waals surface area contributed by atoms with Gasteiger partial charge in [-0.05, 0) is 26.8 Å². The lowest BCUT2D eigenvalue weighted by atomic mass is 10.1. The number of benzene rings is 1. The van der Waals surface area contributed by atoms with E-state index in [1.807, 2.05) is 4.72 Å². The van der Waals surface area contributed by atoms with Gasteiger partial charge in [0.15, 0.2) is 27.2 Å². The van der Waals surface area contributed by atoms with Crippen LogP contribution in [0.2, 0.25) is 0 Å². The number of aromatic nitrogens is 2. The molecule has 3 aromatic rings. The summed E-state index contributed by atoms with van der Waals surface area (Å²) >= 11 is 0. The zero-order chi connectivity index (χ0) is 24.9. The van der Waals surface area contributed by atoms with E-state index in [4.69, 9.17) is 9.47 Å². The smallest absolute Gasteiger partial charge is 0.230 e. The molecule has 3 rings (SSSR count). The molecule has 2 aromatic heterocycles. The fourth-order valence-corrected chi connectivity index (χ4v) is 5.01. The monoisotopic (exact) mass is 503 g/mol. The molecule has 0 atom stereocenters. The maximum atomic E-state index is 15.4. The molecule has 1 aromatic carbocycles. The molecule has 0 aliphatic carbocycles. The van der Waals surface area contributed by atoms with Crippen molar-refractivity contribution in [1.82, 2.24) is 9.38 Å². The van der Waals surface area contributed by atoms with Gasteiger partial charge in [-0.1, -0.05) is 0 Å². The van der Waals surface area contributed by atoms with Gasteiger partial charge in [-0.25, -0.2) is 30.6 Å². The first-order valence-corrected chi connectivity index (χ1v) is 12.8. The third-order valence-corrected chi connectivity index (χ3v) is 7.90. The topological polar surface area (TPSA) is 116 Å². The first kappa shape index (κ1) is 24.7. The Bertz CT molecular complexity index is 1460. The summed E-state index contributed by atoms with van der Waals surface area (Å²) in [6, 6.07) is 2.17. The van der Waals surface area contributed by atoms with E-state index in [-0.39, 0.29) is 27.5 Å². The molecular formula is C20H23F2N3O6S2. The van der Waals surface area contributed by atoms with Crippen molar-refractivity contribution in [2.75, 3.05) is 25.2 Å². The quantitative estimate of drug-likeness (QED) is 0.549. The largest absolute Gasteiger partial charge is 0.495 e. The molecule has 0 spiro atoms. The number of fused-ring (bicyclic) bond motifs is 1. The summed E-state index contributed by atoms with van der Waals surface area (Å²) < 4.78 is 91.9. The van der Waals surface area contributed by atoms with Gasteiger partial charge in [0.05, 0.1) is 37.1 Å². The molecule has 0 bridgehead atoms. The van der Waals surface area contributed by atoms with Gasteiger partial charge in [-0.3, -0.25) is 9.12 Å². The summed E-state index contributed by atoms with van der Waals surface area (Å²) in [6.07, 6.45) is 3.19. The molecule has 2 heterocycles. The average Bonchev–Trinajstić information content (AvgIpc) is 3.10. The van der Waals surface area contributed by atoms with Crippen molar-refractivity contribution in [3.63, 3.8) is 0 Å². The molecule has 0 aliphatic heterocycles. The lowest BCUT2D eigenvalue weighted by molar-refractivity contribution is 0.386. The van der Waals surface area contributed by atoms with E-state index < -0.39 is 47.7 Å². The molecule has 0 saturated heterocycles. The second-order valence-electron chi connectivity index (χ2n) is 8.20. The standard InChI is InChI=1S/C20H23F2N3O6S2/c1-20(2,3)33(28,29)15-10-25-13(9-23-16(25)8-14(15)30-4)11-7-12(21)19(31-5)18(17(11)22)24-32(6,26)27/h7-10,24H,1-6H3. The minimum absolute atomic E-state index is 0.0198. The lowest BCUT2D eigenvalue weighted by Gasteiger charge is -2.21. The summed E-state index contributed by atoms with van der Waals surface area (Å²) in [5.74, 6) is -2.76. The fraction of sp³-hybridized carbons (Fsp3) is 0.350. The van der Waals surface area contributed by atoms with Crippen molar-refractivity contribution in [2.45, 2.75) is 30.4 Å². The molecule has 0 fully saturated rings. The number of sulfone groups is 1. The molecule has 180 valence electrons. The van der Waals surface area contributed by atoms with Gasteiger partial charge in [0, 0.05) is 17.8 Å². The van der Waals surface area contributed by atoms with Crippen LogP contribution in [0.3, 0.4) is 0 Å². The lowest BCUT2D eigenvalue weighted by Crippen LogP contribution is -2.28. The second kappa shape index (κ2) is 8.13. The average molecular weight is 504 g/mol. The number of halogens is 2. The predicted molar refractivity (Wildman–Crippen MR) is 119 cm³/mol. The van der Waals surface area contributed by atoms with Crippen LogP contribution in [-0.2, 0) is 19.9 Å². The molecule has 0 radical (unpaired) electrons. The summed E-state index contributed by atoms with van der Waals surface area (Å²) in [6.45, 7) is 4.55. The van der Waals surface area contributed by atoms with E-state index in [2.05, 4.69) is 4.98 Å². The Kier molecular flexibility index (Phi) is 6.09. The SMILES string of the molecule is COc1cc2ncc(-c3cc(F)c(OC)c(NS(C)(=O)=O)c3F)n2cc1S(=O)(=O)C(C)(C)C. The van der Waals surface area contributed by atoms with E-state index in [9.17, 15) is 21.2 Å². The van der Waals surface area contributed by atoms with Gasteiger partial charge < -0.3 is 9.47 Å². The second-order valence-corrected chi connectivity index (χ2v) is 12.6. The van der Waals surface area contributed by atoms with Crippen molar-refractivity contribution < 1.29 is 35.1 Å². The highest BCUT2D eigenvalue weighted by molar-refractivity contribution is 7.93. The van der Waals surface area contributed by atoms with Crippen LogP contribution >= 0.6 is 0 Å². The van der Waals surface area contributed by atoms with Crippen molar-refractivity contribution in [3.8, 4) is 22.8 Å². The number of imidazole rings is 1. The molecule has 33 heavy (non-hydrogen) atoms. The van der Waals surface area contributed by atoms with Crippen molar-refractivity contribution >= 4 is 31.2 Å². The third-order valence-electron chi connectivity index (χ3n) is 4.83. The van der Waals surface area contributed by atoms with Crippen LogP contribution < -0.4 is 14.2 Å². The normalized spacial score (nSPS) is 12.7. The number of anilines is 1. The Morgan fingerprint density at radius 2 is 1.70 bits per heavy atom. The summed E-state index contributed by atoms with van der Waals surface area (Å²) in [7, 11) is -5.52. The molecular weight excluding hydrogens is 480 g/mol. The van der Waals surface area contributed by atoms with Gasteiger partial charge in [0.25, 0.3) is 0 Å². The van der Waals surface area contributed by atoms with Crippen LogP contribution in [0.1, 0.15) is 20.8 Å². The molecule has 13 heteroatoms. The highest BCUT2D eigenvalue weighted by Crippen LogP contribution is 2.39. The molecule has 0 saturated carbocycles. The zero-order valence-electron chi connectivity index (χ0n) is 18.7. The van der Waals surface area contributed by atoms with Crippen LogP contribution in [0, 0.1) is 11.6 Å². The van der Waals surface area contributed by atoms with Gasteiger partial charge in [-0.15, -0.1) is 0 Å². The Labute approximate surface area is 190 Å². The van der Waals surface area contributed by atoms with Crippen LogP contribution in [0.25, 0.3) is 16.9 Å². The zero-order valence-corrected chi connectivity index (χ0v) is 20.4. The van der Waals surface area contributed by atoms with Gasteiger partial charge in [0.2, 0.25) is 10.0 Å². The molecule has 0 unspecified atom stereocenters. The highest BCUT2D eigenvalue weighted by Gasteiger charge is 2.34. The molecule has 0 amide bonds. The Morgan fingerprint density at radius 3 is 2.21 bits per heavy atom. The number of hydrogen-bond donors (Lipinski definition) is 1. The number of hydrogen-bond acceptors (Lipinski definition) is 7. The van der Waals surface area contributed by atoms with Gasteiger partial charge in [0.1, 0.15) is 22.0 Å². The maximum Gasteiger partial charge on any atom is 0.230 e. The summed E-state index contributed by atoms with van der Waals surface area (Å²) in [4.78, 5) is 3.96. The number of methoxy groups -OCH3 is 2. The van der Waals surface area contributed by atoms with E-state index in [1.165, 1.54) is 50.7 Å². The van der Waals surface area contributed by atoms with Crippen molar-refractivity contribution in [1.29, 1.82) is 0 Å². The number of nitrogens with one attached hydrogen (secondary N) is 1. The Hall–Kier alpha value is -2.93. The van der Waals surface area contributed by atoms with Gasteiger partial charge >= 0.3 is 0 Å². The van der Waals surface area contributed by atoms with Crippen molar-refractivity contribution in [3.05, 3.63) is 36.2 Å². The predicted octanol–water partition coefficient (Wildman–Crippen LogP) is 3.24. The maximum absolute atomic E-state index is 15.4. The number of pyridine rings is 1. The number of sulfonamides is 1. The molecule has 9 nitrogen and oxygen atoms in total. The third kappa shape index (κ3) is 4.34. The van der Waals surface area contributed by atoms with E-state index in [1.54, 1.807) is 0 Å². The highest BCUT2D eigenvalue weighted by atomic mass is 32.2. The van der Waals surface area contributed by atoms with E-state index in [0.29, 0.717) is 0 Å². The number of nitrogens with zero attached hydrogens (tertiary/aromatic N) is 2. The first-order valence-electron chi connectivity index (χ1n) is 9.46.